The minimum Gasteiger partial charge on any atom is -0.497 e. The molecule has 3 heteroatoms. The molecule has 0 spiro atoms. The van der Waals surface area contributed by atoms with Gasteiger partial charge in [0.15, 0.2) is 0 Å². The molecule has 3 nitrogen and oxygen atoms in total. The van der Waals surface area contributed by atoms with Crippen molar-refractivity contribution in [2.75, 3.05) is 20.2 Å². The maximum absolute atomic E-state index is 5.55. The lowest BCUT2D eigenvalue weighted by molar-refractivity contribution is 0.415. The summed E-state index contributed by atoms with van der Waals surface area (Å²) in [6, 6.07) is 17.4. The molecule has 4 rings (SSSR count). The minimum atomic E-state index is 0.590. The molecule has 1 aromatic heterocycles. The van der Waals surface area contributed by atoms with Crippen molar-refractivity contribution in [3.63, 3.8) is 0 Å². The van der Waals surface area contributed by atoms with Crippen molar-refractivity contribution in [3.05, 3.63) is 65.4 Å². The molecule has 27 heavy (non-hydrogen) atoms. The zero-order chi connectivity index (χ0) is 18.6. The molecular weight excluding hydrogens is 332 g/mol. The number of rotatable bonds is 7. The van der Waals surface area contributed by atoms with E-state index < -0.39 is 0 Å². The first-order chi connectivity index (χ1) is 13.3. The predicted octanol–water partition coefficient (Wildman–Crippen LogP) is 5.12. The Morgan fingerprint density at radius 3 is 2.78 bits per heavy atom. The first-order valence-corrected chi connectivity index (χ1v) is 10.3. The van der Waals surface area contributed by atoms with Gasteiger partial charge in [-0.25, -0.2) is 0 Å². The van der Waals surface area contributed by atoms with E-state index in [0.29, 0.717) is 5.92 Å². The maximum atomic E-state index is 5.55. The van der Waals surface area contributed by atoms with Gasteiger partial charge in [-0.1, -0.05) is 37.3 Å². The second-order valence-corrected chi connectivity index (χ2v) is 7.61. The fraction of sp³-hybridized carbons (Fsp3) is 0.417. The van der Waals surface area contributed by atoms with Crippen LogP contribution in [0, 0.1) is 0 Å². The van der Waals surface area contributed by atoms with Crippen molar-refractivity contribution in [2.45, 2.75) is 45.1 Å². The Morgan fingerprint density at radius 1 is 1.15 bits per heavy atom. The number of methoxy groups -OCH3 is 1. The quantitative estimate of drug-likeness (QED) is 0.591. The highest BCUT2D eigenvalue weighted by molar-refractivity contribution is 5.88. The van der Waals surface area contributed by atoms with Gasteiger partial charge in [0.05, 0.1) is 7.11 Å². The first kappa shape index (κ1) is 18.1. The number of nitrogens with zero attached hydrogens (tertiary/aromatic N) is 1. The van der Waals surface area contributed by atoms with Gasteiger partial charge >= 0.3 is 0 Å². The van der Waals surface area contributed by atoms with E-state index in [0.717, 1.165) is 25.4 Å². The summed E-state index contributed by atoms with van der Waals surface area (Å²) in [5.74, 6) is 1.54. The number of fused-ring (bicyclic) bond motifs is 3. The summed E-state index contributed by atoms with van der Waals surface area (Å²) in [4.78, 5) is 0. The lowest BCUT2D eigenvalue weighted by Gasteiger charge is -2.25. The summed E-state index contributed by atoms with van der Waals surface area (Å²) in [5, 5.41) is 5.04. The molecule has 0 bridgehead atoms. The van der Waals surface area contributed by atoms with Gasteiger partial charge in [0.2, 0.25) is 0 Å². The molecule has 1 unspecified atom stereocenters. The molecule has 0 fully saturated rings. The van der Waals surface area contributed by atoms with E-state index in [1.54, 1.807) is 12.7 Å². The van der Waals surface area contributed by atoms with E-state index >= 15 is 0 Å². The molecule has 0 radical (unpaired) electrons. The lowest BCUT2D eigenvalue weighted by atomic mass is 9.85. The number of aromatic nitrogens is 1. The SMILES string of the molecule is CCCNCC1CCCc2c1c1cc(OC)ccc1n2Cc1ccccc1. The normalized spacial score (nSPS) is 16.4. The molecular formula is C24H30N2O. The number of benzene rings is 2. The van der Waals surface area contributed by atoms with Crippen molar-refractivity contribution < 1.29 is 4.74 Å². The molecule has 3 aromatic rings. The summed E-state index contributed by atoms with van der Waals surface area (Å²) in [6.07, 6.45) is 4.89. The zero-order valence-electron chi connectivity index (χ0n) is 16.5. The van der Waals surface area contributed by atoms with Crippen LogP contribution in [0.5, 0.6) is 5.75 Å². The summed E-state index contributed by atoms with van der Waals surface area (Å²) in [6.45, 7) is 5.34. The summed E-state index contributed by atoms with van der Waals surface area (Å²) < 4.78 is 8.10. The average Bonchev–Trinajstić information content (AvgIpc) is 3.03. The number of nitrogens with one attached hydrogen (secondary N) is 1. The molecule has 0 saturated carbocycles. The van der Waals surface area contributed by atoms with Gasteiger partial charge in [-0.3, -0.25) is 0 Å². The lowest BCUT2D eigenvalue weighted by Crippen LogP contribution is -2.25. The molecule has 0 amide bonds. The smallest absolute Gasteiger partial charge is 0.119 e. The predicted molar refractivity (Wildman–Crippen MR) is 113 cm³/mol. The van der Waals surface area contributed by atoms with Crippen LogP contribution < -0.4 is 10.1 Å². The largest absolute Gasteiger partial charge is 0.497 e. The highest BCUT2D eigenvalue weighted by Crippen LogP contribution is 2.40. The number of hydrogen-bond acceptors (Lipinski definition) is 2. The van der Waals surface area contributed by atoms with Crippen LogP contribution in [0.25, 0.3) is 10.9 Å². The molecule has 0 saturated heterocycles. The first-order valence-electron chi connectivity index (χ1n) is 10.3. The van der Waals surface area contributed by atoms with Gasteiger partial charge in [0, 0.05) is 29.7 Å². The van der Waals surface area contributed by atoms with Crippen molar-refractivity contribution in [3.8, 4) is 5.75 Å². The standard InChI is InChI=1S/C24H30N2O/c1-3-14-25-16-19-10-7-11-23-24(19)21-15-20(27-2)12-13-22(21)26(23)17-18-8-5-4-6-9-18/h4-6,8-9,12-13,15,19,25H,3,7,10-11,14,16-17H2,1-2H3. The zero-order valence-corrected chi connectivity index (χ0v) is 16.5. The second-order valence-electron chi connectivity index (χ2n) is 7.61. The van der Waals surface area contributed by atoms with Gasteiger partial charge in [-0.2, -0.15) is 0 Å². The molecule has 2 aromatic carbocycles. The van der Waals surface area contributed by atoms with E-state index in [1.807, 2.05) is 0 Å². The highest BCUT2D eigenvalue weighted by Gasteiger charge is 2.27. The fourth-order valence-corrected chi connectivity index (χ4v) is 4.53. The van der Waals surface area contributed by atoms with Crippen molar-refractivity contribution >= 4 is 10.9 Å². The Kier molecular flexibility index (Phi) is 5.49. The van der Waals surface area contributed by atoms with E-state index in [9.17, 15) is 0 Å². The van der Waals surface area contributed by atoms with Gasteiger partial charge in [-0.05, 0) is 67.5 Å². The minimum absolute atomic E-state index is 0.590. The van der Waals surface area contributed by atoms with Crippen molar-refractivity contribution in [1.29, 1.82) is 0 Å². The molecule has 1 aliphatic carbocycles. The Bertz CT molecular complexity index is 898. The molecule has 1 aliphatic rings. The van der Waals surface area contributed by atoms with Gasteiger partial charge < -0.3 is 14.6 Å². The van der Waals surface area contributed by atoms with Crippen molar-refractivity contribution in [1.82, 2.24) is 9.88 Å². The van der Waals surface area contributed by atoms with Gasteiger partial charge in [0.25, 0.3) is 0 Å². The Hall–Kier alpha value is -2.26. The van der Waals surface area contributed by atoms with Gasteiger partial charge in [-0.15, -0.1) is 0 Å². The average molecular weight is 363 g/mol. The highest BCUT2D eigenvalue weighted by atomic mass is 16.5. The summed E-state index contributed by atoms with van der Waals surface area (Å²) >= 11 is 0. The third-order valence-corrected chi connectivity index (χ3v) is 5.80. The topological polar surface area (TPSA) is 26.2 Å². The van der Waals surface area contributed by atoms with Crippen LogP contribution in [0.1, 0.15) is 48.9 Å². The number of hydrogen-bond donors (Lipinski definition) is 1. The van der Waals surface area contributed by atoms with Crippen LogP contribution >= 0.6 is 0 Å². The monoisotopic (exact) mass is 362 g/mol. The fourth-order valence-electron chi connectivity index (χ4n) is 4.53. The Balaban J connectivity index is 1.81. The van der Waals surface area contributed by atoms with E-state index in [-0.39, 0.29) is 0 Å². The van der Waals surface area contributed by atoms with Crippen molar-refractivity contribution in [2.24, 2.45) is 0 Å². The second kappa shape index (κ2) is 8.18. The van der Waals surface area contributed by atoms with Crippen LogP contribution in [0.4, 0.5) is 0 Å². The van der Waals surface area contributed by atoms with Crippen LogP contribution in [0.2, 0.25) is 0 Å². The molecule has 142 valence electrons. The van der Waals surface area contributed by atoms with Crippen LogP contribution in [-0.2, 0) is 13.0 Å². The van der Waals surface area contributed by atoms with E-state index in [4.69, 9.17) is 4.74 Å². The molecule has 1 N–H and O–H groups in total. The molecule has 1 heterocycles. The third kappa shape index (κ3) is 3.61. The Labute approximate surface area is 162 Å². The Morgan fingerprint density at radius 2 is 2.00 bits per heavy atom. The molecule has 0 aliphatic heterocycles. The van der Waals surface area contributed by atoms with E-state index in [1.165, 1.54) is 47.8 Å². The summed E-state index contributed by atoms with van der Waals surface area (Å²) in [5.41, 5.74) is 5.78. The van der Waals surface area contributed by atoms with Crippen LogP contribution in [0.3, 0.4) is 0 Å². The van der Waals surface area contributed by atoms with Crippen LogP contribution in [0.15, 0.2) is 48.5 Å². The number of ether oxygens (including phenoxy) is 1. The van der Waals surface area contributed by atoms with E-state index in [2.05, 4.69) is 65.3 Å². The van der Waals surface area contributed by atoms with Crippen LogP contribution in [-0.4, -0.2) is 24.8 Å². The third-order valence-electron chi connectivity index (χ3n) is 5.80. The summed E-state index contributed by atoms with van der Waals surface area (Å²) in [7, 11) is 1.76. The molecule has 1 atom stereocenters. The van der Waals surface area contributed by atoms with Gasteiger partial charge in [0.1, 0.15) is 5.75 Å². The maximum Gasteiger partial charge on any atom is 0.119 e.